The minimum absolute atomic E-state index is 0.0624. The molecule has 1 saturated heterocycles. The summed E-state index contributed by atoms with van der Waals surface area (Å²) in [5.41, 5.74) is 0.547. The van der Waals surface area contributed by atoms with E-state index in [0.717, 1.165) is 12.2 Å². The van der Waals surface area contributed by atoms with Crippen LogP contribution in [-0.4, -0.2) is 50.4 Å². The van der Waals surface area contributed by atoms with Crippen molar-refractivity contribution in [1.29, 1.82) is 0 Å². The highest BCUT2D eigenvalue weighted by molar-refractivity contribution is 7.91. The molecule has 0 N–H and O–H groups in total. The van der Waals surface area contributed by atoms with Crippen LogP contribution in [0.15, 0.2) is 24.3 Å². The maximum absolute atomic E-state index is 12.4. The van der Waals surface area contributed by atoms with Crippen LogP contribution in [0.2, 0.25) is 0 Å². The largest absolute Gasteiger partial charge is 0.494 e. The van der Waals surface area contributed by atoms with E-state index >= 15 is 0 Å². The molecule has 1 aliphatic heterocycles. The van der Waals surface area contributed by atoms with Crippen LogP contribution >= 0.6 is 0 Å². The Morgan fingerprint density at radius 2 is 2.00 bits per heavy atom. The first-order valence-electron chi connectivity index (χ1n) is 7.13. The molecule has 1 aliphatic rings. The molecule has 1 unspecified atom stereocenters. The van der Waals surface area contributed by atoms with Gasteiger partial charge in [0.2, 0.25) is 0 Å². The molecule has 0 aromatic heterocycles. The molecule has 1 atom stereocenters. The summed E-state index contributed by atoms with van der Waals surface area (Å²) >= 11 is 0. The number of amides is 1. The second-order valence-electron chi connectivity index (χ2n) is 5.35. The quantitative estimate of drug-likeness (QED) is 0.831. The molecule has 1 heterocycles. The van der Waals surface area contributed by atoms with Crippen molar-refractivity contribution in [3.63, 3.8) is 0 Å². The van der Waals surface area contributed by atoms with E-state index in [1.807, 2.05) is 6.92 Å². The lowest BCUT2D eigenvalue weighted by atomic mass is 10.1. The molecular weight excluding hydrogens is 290 g/mol. The molecule has 6 heteroatoms. The Hall–Kier alpha value is -1.56. The topological polar surface area (TPSA) is 63.7 Å². The molecule has 116 valence electrons. The van der Waals surface area contributed by atoms with Gasteiger partial charge in [-0.15, -0.1) is 0 Å². The van der Waals surface area contributed by atoms with Crippen molar-refractivity contribution in [1.82, 2.24) is 4.90 Å². The van der Waals surface area contributed by atoms with Gasteiger partial charge in [-0.3, -0.25) is 4.79 Å². The number of nitrogens with zero attached hydrogens (tertiary/aromatic N) is 1. The number of hydrogen-bond donors (Lipinski definition) is 0. The SMILES string of the molecule is CCCOc1ccc(C(=O)N(C)C2CCS(=O)(=O)C2)cc1. The molecule has 0 radical (unpaired) electrons. The zero-order chi connectivity index (χ0) is 15.5. The Bertz CT molecular complexity index is 595. The van der Waals surface area contributed by atoms with Gasteiger partial charge < -0.3 is 9.64 Å². The van der Waals surface area contributed by atoms with E-state index in [1.54, 1.807) is 31.3 Å². The van der Waals surface area contributed by atoms with Crippen LogP contribution in [0.25, 0.3) is 0 Å². The van der Waals surface area contributed by atoms with E-state index in [1.165, 1.54) is 4.90 Å². The van der Waals surface area contributed by atoms with E-state index in [9.17, 15) is 13.2 Å². The molecular formula is C15H21NO4S. The Morgan fingerprint density at radius 1 is 1.33 bits per heavy atom. The summed E-state index contributed by atoms with van der Waals surface area (Å²) in [5.74, 6) is 0.810. The lowest BCUT2D eigenvalue weighted by Gasteiger charge is -2.23. The maximum atomic E-state index is 12.4. The van der Waals surface area contributed by atoms with Crippen molar-refractivity contribution in [3.05, 3.63) is 29.8 Å². The molecule has 0 saturated carbocycles. The van der Waals surface area contributed by atoms with Crippen LogP contribution in [0.3, 0.4) is 0 Å². The van der Waals surface area contributed by atoms with Crippen LogP contribution in [0.1, 0.15) is 30.1 Å². The zero-order valence-electron chi connectivity index (χ0n) is 12.4. The highest BCUT2D eigenvalue weighted by Gasteiger charge is 2.32. The Kier molecular flexibility index (Phi) is 4.88. The normalized spacial score (nSPS) is 20.2. The van der Waals surface area contributed by atoms with Gasteiger partial charge in [-0.25, -0.2) is 8.42 Å². The van der Waals surface area contributed by atoms with Gasteiger partial charge >= 0.3 is 0 Å². The number of carbonyl (C=O) groups is 1. The van der Waals surface area contributed by atoms with Gasteiger partial charge in [0, 0.05) is 18.7 Å². The molecule has 21 heavy (non-hydrogen) atoms. The molecule has 1 aromatic rings. The first kappa shape index (κ1) is 15.8. The summed E-state index contributed by atoms with van der Waals surface area (Å²) in [7, 11) is -1.33. The predicted molar refractivity (Wildman–Crippen MR) is 81.4 cm³/mol. The van der Waals surface area contributed by atoms with Crippen molar-refractivity contribution >= 4 is 15.7 Å². The van der Waals surface area contributed by atoms with E-state index < -0.39 is 9.84 Å². The molecule has 1 fully saturated rings. The molecule has 0 bridgehead atoms. The predicted octanol–water partition coefficient (Wildman–Crippen LogP) is 1.73. The van der Waals surface area contributed by atoms with Gasteiger partial charge in [-0.05, 0) is 37.1 Å². The molecule has 1 amide bonds. The van der Waals surface area contributed by atoms with Crippen LogP contribution in [0.5, 0.6) is 5.75 Å². The van der Waals surface area contributed by atoms with Crippen LogP contribution in [-0.2, 0) is 9.84 Å². The number of carbonyl (C=O) groups excluding carboxylic acids is 1. The molecule has 2 rings (SSSR count). The third-order valence-electron chi connectivity index (χ3n) is 3.65. The van der Waals surface area contributed by atoms with Crippen molar-refractivity contribution in [2.24, 2.45) is 0 Å². The summed E-state index contributed by atoms with van der Waals surface area (Å²) in [5, 5.41) is 0. The number of hydrogen-bond acceptors (Lipinski definition) is 4. The fourth-order valence-corrected chi connectivity index (χ4v) is 4.14. The minimum Gasteiger partial charge on any atom is -0.494 e. The van der Waals surface area contributed by atoms with E-state index in [-0.39, 0.29) is 23.5 Å². The molecule has 1 aromatic carbocycles. The van der Waals surface area contributed by atoms with Crippen LogP contribution < -0.4 is 4.74 Å². The Balaban J connectivity index is 2.02. The highest BCUT2D eigenvalue weighted by Crippen LogP contribution is 2.20. The fourth-order valence-electron chi connectivity index (χ4n) is 2.36. The zero-order valence-corrected chi connectivity index (χ0v) is 13.2. The average Bonchev–Trinajstić information content (AvgIpc) is 2.84. The Morgan fingerprint density at radius 3 is 2.52 bits per heavy atom. The average molecular weight is 311 g/mol. The summed E-state index contributed by atoms with van der Waals surface area (Å²) in [6.45, 7) is 2.68. The smallest absolute Gasteiger partial charge is 0.253 e. The third-order valence-corrected chi connectivity index (χ3v) is 5.40. The standard InChI is InChI=1S/C15H21NO4S/c1-3-9-20-14-6-4-12(5-7-14)15(17)16(2)13-8-10-21(18,19)11-13/h4-7,13H,3,8-11H2,1-2H3. The maximum Gasteiger partial charge on any atom is 0.253 e. The van der Waals surface area contributed by atoms with Crippen molar-refractivity contribution in [3.8, 4) is 5.75 Å². The lowest BCUT2D eigenvalue weighted by Crippen LogP contribution is -2.37. The number of rotatable bonds is 5. The second-order valence-corrected chi connectivity index (χ2v) is 7.57. The lowest BCUT2D eigenvalue weighted by molar-refractivity contribution is 0.0747. The number of ether oxygens (including phenoxy) is 1. The summed E-state index contributed by atoms with van der Waals surface area (Å²) in [6.07, 6.45) is 1.45. The molecule has 0 spiro atoms. The number of sulfone groups is 1. The highest BCUT2D eigenvalue weighted by atomic mass is 32.2. The van der Waals surface area contributed by atoms with E-state index in [4.69, 9.17) is 4.74 Å². The van der Waals surface area contributed by atoms with Crippen LogP contribution in [0.4, 0.5) is 0 Å². The van der Waals surface area contributed by atoms with E-state index in [0.29, 0.717) is 18.6 Å². The van der Waals surface area contributed by atoms with Crippen molar-refractivity contribution < 1.29 is 17.9 Å². The summed E-state index contributed by atoms with van der Waals surface area (Å²) in [6, 6.07) is 6.74. The van der Waals surface area contributed by atoms with Gasteiger partial charge in [0.15, 0.2) is 9.84 Å². The second kappa shape index (κ2) is 6.47. The minimum atomic E-state index is -2.99. The monoisotopic (exact) mass is 311 g/mol. The first-order valence-corrected chi connectivity index (χ1v) is 8.95. The van der Waals surface area contributed by atoms with Gasteiger partial charge in [-0.2, -0.15) is 0 Å². The van der Waals surface area contributed by atoms with Crippen LogP contribution in [0, 0.1) is 0 Å². The van der Waals surface area contributed by atoms with Gasteiger partial charge in [0.25, 0.3) is 5.91 Å². The number of benzene rings is 1. The van der Waals surface area contributed by atoms with Gasteiger partial charge in [0.05, 0.1) is 18.1 Å². The fraction of sp³-hybridized carbons (Fsp3) is 0.533. The summed E-state index contributed by atoms with van der Waals surface area (Å²) < 4.78 is 28.5. The molecule has 5 nitrogen and oxygen atoms in total. The summed E-state index contributed by atoms with van der Waals surface area (Å²) in [4.78, 5) is 13.9. The van der Waals surface area contributed by atoms with Crippen molar-refractivity contribution in [2.45, 2.75) is 25.8 Å². The third kappa shape index (κ3) is 3.97. The van der Waals surface area contributed by atoms with Gasteiger partial charge in [-0.1, -0.05) is 6.92 Å². The molecule has 0 aliphatic carbocycles. The first-order chi connectivity index (χ1) is 9.93. The van der Waals surface area contributed by atoms with Crippen molar-refractivity contribution in [2.75, 3.05) is 25.2 Å². The Labute approximate surface area is 125 Å². The van der Waals surface area contributed by atoms with E-state index in [2.05, 4.69) is 0 Å². The van der Waals surface area contributed by atoms with Gasteiger partial charge in [0.1, 0.15) is 5.75 Å².